The summed E-state index contributed by atoms with van der Waals surface area (Å²) in [6.07, 6.45) is 0.995. The highest BCUT2D eigenvalue weighted by Crippen LogP contribution is 2.31. The van der Waals surface area contributed by atoms with E-state index in [4.69, 9.17) is 11.5 Å². The molecule has 4 aliphatic heterocycles. The molecule has 0 bridgehead atoms. The van der Waals surface area contributed by atoms with Crippen LogP contribution in [0.2, 0.25) is 0 Å². The van der Waals surface area contributed by atoms with E-state index in [-0.39, 0.29) is 114 Å². The highest BCUT2D eigenvalue weighted by Gasteiger charge is 2.49. The number of nitrogens with two attached hydrogens (primary N) is 2. The van der Waals surface area contributed by atoms with Crippen LogP contribution in [0.25, 0.3) is 10.9 Å². The number of nitrogens with zero attached hydrogens (tertiary/aromatic N) is 6. The number of carbonyl (C=O) groups is 15. The first kappa shape index (κ1) is 103. The van der Waals surface area contributed by atoms with Crippen molar-refractivity contribution < 1.29 is 95.3 Å². The second kappa shape index (κ2) is 47.7. The molecule has 0 spiro atoms. The number of aromatic hydroxyl groups is 2. The number of unbranched alkanes of at least 4 members (excludes halogenated alkanes) is 1. The molecule has 34 nitrogen and oxygen atoms in total. The van der Waals surface area contributed by atoms with Crippen LogP contribution in [0.5, 0.6) is 11.5 Å². The predicted molar refractivity (Wildman–Crippen MR) is 500 cm³/mol. The Kier molecular flexibility index (Phi) is 36.2. The number of phenols is 2. The van der Waals surface area contributed by atoms with Gasteiger partial charge in [0.1, 0.15) is 90.0 Å². The number of phenolic OH excluding ortho intramolecular Hbond substituents is 2. The van der Waals surface area contributed by atoms with Crippen LogP contribution in [0.1, 0.15) is 126 Å². The van der Waals surface area contributed by atoms with Gasteiger partial charge in [0, 0.05) is 108 Å². The number of carbonyl (C=O) groups excluding carboxylic acids is 15. The predicted octanol–water partition coefficient (Wildman–Crippen LogP) is 3.78. The lowest BCUT2D eigenvalue weighted by Gasteiger charge is -2.38. The van der Waals surface area contributed by atoms with Gasteiger partial charge in [-0.3, -0.25) is 71.9 Å². The lowest BCUT2D eigenvalue weighted by Crippen LogP contribution is -2.62. The molecule has 4 fully saturated rings. The topological polar surface area (TPSA) is 480 Å². The van der Waals surface area contributed by atoms with Gasteiger partial charge in [-0.05, 0) is 133 Å². The van der Waals surface area contributed by atoms with Crippen molar-refractivity contribution in [2.75, 3.05) is 58.8 Å². The molecule has 11 rings (SSSR count). The summed E-state index contributed by atoms with van der Waals surface area (Å²) in [7, 11) is 3.97. The number of thioether (sulfide) groups is 1. The van der Waals surface area contributed by atoms with Gasteiger partial charge >= 0.3 is 0 Å². The number of aromatic amines is 1. The van der Waals surface area contributed by atoms with Gasteiger partial charge in [-0.2, -0.15) is 0 Å². The zero-order valence-electron chi connectivity index (χ0n) is 77.4. The van der Waals surface area contributed by atoms with Crippen LogP contribution in [-0.4, -0.2) is 277 Å². The van der Waals surface area contributed by atoms with Crippen molar-refractivity contribution in [3.8, 4) is 11.5 Å². The molecule has 38 heteroatoms. The first-order valence-electron chi connectivity index (χ1n) is 45.9. The second-order valence-electron chi connectivity index (χ2n) is 36.2. The summed E-state index contributed by atoms with van der Waals surface area (Å²) in [6, 6.07) is 16.7. The quantitative estimate of drug-likeness (QED) is 0.0455. The molecule has 14 atom stereocenters. The number of aromatic nitrogens is 1. The minimum atomic E-state index is -1.84. The van der Waals surface area contributed by atoms with Crippen molar-refractivity contribution in [2.24, 2.45) is 23.3 Å². The van der Waals surface area contributed by atoms with Crippen LogP contribution in [-0.2, 0) is 110 Å². The fraction of sp³-hybridized carbons (Fsp3) is 0.459. The summed E-state index contributed by atoms with van der Waals surface area (Å²) >= 11 is 0.699. The Bertz CT molecular complexity index is 5450. The third kappa shape index (κ3) is 26.8. The number of primary amides is 1. The number of para-hydroxylation sites is 1. The number of hydrogen-bond acceptors (Lipinski definition) is 19. The highest BCUT2D eigenvalue weighted by molar-refractivity contribution is 8.00. The number of fused-ring (bicyclic) bond motifs is 4. The van der Waals surface area contributed by atoms with E-state index in [2.05, 4.69) is 47.5 Å². The standard InChI is InChI=1S/C98H122F3N17O17S/c1-9-10-27-77-96(133)117-39-20-29-78(117)97(134)118-52-63(102)49-80(118)92(129)112-85(56(4)5)98(135)114(7)79(46-57-21-13-11-14-22-57)91(128)110-74(44-60-32-36-65(120)37-33-60)94(131)116-38-19-28-76(116)90(127)109-72(48-62-50-104-69-26-18-17-25-66(62)69)89(126)108-71(43-59-30-34-64(119)35-31-59)88(125)107-70(40-55(2)3)87(124)111-75(86(123)105-51-82(103)121)53-136-54-83(122)106-73(45-61-41-67(99)84(101)68(100)42-61)93(130)115(8)81(95(132)113(77)6)47-58-23-15-12-16-24-58/h11-18,21-26,30-37,41-42,50,55-56,63,70-81,85,104,119-120H,9-10,19-20,27-29,38-40,43-49,51-54,102H2,1-8H3,(H2,103,121)(H,105,123)(H,106,122)(H,107,125)(H,108,126)(H,109,127)(H,110,128)(H,111,124)(H,112,129)/t63-,70+,71+,72+,73+,74+,75+,76-,77+,78-,79+,80+,81+,85+/m1/s1. The van der Waals surface area contributed by atoms with E-state index >= 15 is 66.3 Å². The van der Waals surface area contributed by atoms with Gasteiger partial charge in [0.2, 0.25) is 88.6 Å². The summed E-state index contributed by atoms with van der Waals surface area (Å²) in [5.41, 5.74) is 14.9. The van der Waals surface area contributed by atoms with E-state index in [1.807, 2.05) is 6.92 Å². The Labute approximate surface area is 791 Å². The van der Waals surface area contributed by atoms with E-state index in [9.17, 15) is 29.0 Å². The van der Waals surface area contributed by atoms with E-state index in [1.165, 1.54) is 89.3 Å². The summed E-state index contributed by atoms with van der Waals surface area (Å²) in [6.45, 7) is 7.67. The van der Waals surface area contributed by atoms with Crippen molar-refractivity contribution in [1.82, 2.24) is 76.9 Å². The van der Waals surface area contributed by atoms with E-state index in [0.717, 1.165) is 9.80 Å². The van der Waals surface area contributed by atoms with Crippen molar-refractivity contribution in [2.45, 2.75) is 216 Å². The lowest BCUT2D eigenvalue weighted by molar-refractivity contribution is -0.154. The SMILES string of the molecule is CCCC[C@H]1C(=O)N2CCC[C@@H]2C(=O)N2C[C@H](N)C[C@H]2C(=O)N[C@@H](C(C)C)C(=O)N(C)[C@@H](Cc2ccccc2)C(=O)N[C@@H](Cc2ccc(O)cc2)C(=O)N2CCC[C@@H]2C(=O)N[C@@H](Cc2c[nH]c3ccccc23)C(=O)N[C@@H](Cc2ccc(O)cc2)C(=O)N[C@@H](CC(C)C)C(=O)N[C@H](C(=O)NCC(N)=O)CSCC(=O)N[C@@H](Cc2cc(F)c(F)c(F)c2)C(=O)N(C)[C@@H](Cc2ccccc2)C(=O)N1C. The Morgan fingerprint density at radius 2 is 1.00 bits per heavy atom. The summed E-state index contributed by atoms with van der Waals surface area (Å²) in [4.78, 5) is 238. The number of hydrogen-bond donors (Lipinski definition) is 13. The molecule has 6 aromatic carbocycles. The zero-order chi connectivity index (χ0) is 98.5. The lowest BCUT2D eigenvalue weighted by atomic mass is 9.98. The minimum Gasteiger partial charge on any atom is -0.508 e. The van der Waals surface area contributed by atoms with Crippen LogP contribution < -0.4 is 54.0 Å². The van der Waals surface area contributed by atoms with Gasteiger partial charge in [0.15, 0.2) is 17.5 Å². The minimum absolute atomic E-state index is 0.0127. The van der Waals surface area contributed by atoms with Crippen molar-refractivity contribution in [1.29, 1.82) is 0 Å². The zero-order valence-corrected chi connectivity index (χ0v) is 78.2. The van der Waals surface area contributed by atoms with Crippen molar-refractivity contribution in [3.63, 3.8) is 0 Å². The number of likely N-dealkylation sites (N-methyl/N-ethyl adjacent to an activating group) is 3. The third-order valence-electron chi connectivity index (χ3n) is 25.3. The fourth-order valence-corrected chi connectivity index (χ4v) is 18.7. The van der Waals surface area contributed by atoms with Crippen molar-refractivity contribution >= 4 is 111 Å². The normalized spacial score (nSPS) is 24.4. The van der Waals surface area contributed by atoms with Crippen LogP contribution in [0.3, 0.4) is 0 Å². The first-order valence-corrected chi connectivity index (χ1v) is 47.1. The molecule has 15 N–H and O–H groups in total. The monoisotopic (exact) mass is 1900 g/mol. The van der Waals surface area contributed by atoms with E-state index < -0.39 is 227 Å². The molecule has 0 aliphatic carbocycles. The number of rotatable bonds is 21. The Morgan fingerprint density at radius 1 is 0.500 bits per heavy atom. The van der Waals surface area contributed by atoms with Gasteiger partial charge in [0.05, 0.1) is 12.3 Å². The van der Waals surface area contributed by atoms with Gasteiger partial charge in [-0.25, -0.2) is 13.2 Å². The summed E-state index contributed by atoms with van der Waals surface area (Å²) in [5, 5.41) is 43.4. The smallest absolute Gasteiger partial charge is 0.246 e. The molecule has 0 unspecified atom stereocenters. The highest BCUT2D eigenvalue weighted by atomic mass is 32.2. The third-order valence-corrected chi connectivity index (χ3v) is 26.3. The molecule has 728 valence electrons. The molecule has 5 heterocycles. The number of benzene rings is 6. The van der Waals surface area contributed by atoms with Crippen LogP contribution >= 0.6 is 11.8 Å². The number of nitrogens with one attached hydrogen (secondary N) is 9. The van der Waals surface area contributed by atoms with Gasteiger partial charge < -0.3 is 98.6 Å². The van der Waals surface area contributed by atoms with Gasteiger partial charge in [-0.1, -0.05) is 151 Å². The Balaban J connectivity index is 0.986. The van der Waals surface area contributed by atoms with E-state index in [0.29, 0.717) is 75.5 Å². The molecule has 4 aliphatic rings. The van der Waals surface area contributed by atoms with Gasteiger partial charge in [-0.15, -0.1) is 11.8 Å². The number of H-pyrrole nitrogens is 1. The molecule has 136 heavy (non-hydrogen) atoms. The molecule has 1 aromatic heterocycles. The molecule has 4 saturated heterocycles. The maximum Gasteiger partial charge on any atom is 0.246 e. The van der Waals surface area contributed by atoms with Gasteiger partial charge in [0.25, 0.3) is 0 Å². The van der Waals surface area contributed by atoms with E-state index in [1.54, 1.807) is 119 Å². The largest absolute Gasteiger partial charge is 0.508 e. The van der Waals surface area contributed by atoms with Crippen LogP contribution in [0.4, 0.5) is 13.2 Å². The van der Waals surface area contributed by atoms with Crippen LogP contribution in [0.15, 0.2) is 152 Å². The number of halogens is 3. The molecule has 15 amide bonds. The average molecular weight is 1900 g/mol. The van der Waals surface area contributed by atoms with Crippen molar-refractivity contribution in [3.05, 3.63) is 203 Å². The Hall–Kier alpha value is -13.4. The van der Waals surface area contributed by atoms with Crippen LogP contribution in [0, 0.1) is 29.3 Å². The maximum atomic E-state index is 15.8. The molecular formula is C98H122F3N17O17S. The summed E-state index contributed by atoms with van der Waals surface area (Å²) in [5.74, 6) is -20.8. The molecule has 0 saturated carbocycles. The molecular weight excluding hydrogens is 1780 g/mol. The second-order valence-corrected chi connectivity index (χ2v) is 37.2. The fourth-order valence-electron chi connectivity index (χ4n) is 17.9. The first-order chi connectivity index (χ1) is 64.9. The Morgan fingerprint density at radius 3 is 1.60 bits per heavy atom. The number of amides is 15. The summed E-state index contributed by atoms with van der Waals surface area (Å²) < 4.78 is 45.2. The average Bonchev–Trinajstić information content (AvgIpc) is 1.62. The molecule has 7 aromatic rings. The molecule has 0 radical (unpaired) electrons. The maximum absolute atomic E-state index is 15.8.